The fraction of sp³-hybridized carbons (Fsp3) is 0.348. The fourth-order valence-corrected chi connectivity index (χ4v) is 8.18. The molecule has 2 amide bonds. The van der Waals surface area contributed by atoms with Gasteiger partial charge in [-0.1, -0.05) is 58.5 Å². The third kappa shape index (κ3) is 16.7. The molecular formula is C46H47Cl5N6O14. The van der Waals surface area contributed by atoms with Crippen molar-refractivity contribution >= 4 is 105 Å². The standard InChI is InChI=1S/C23H23Cl2N3O7.C14H14Cl3NO4.C9H10N2O3/c1-34-23(31)19(27-22(30)21-16(24)3-2-4-17(21)25)7-6-14(29)12-26-18-9-10-35-20-8-5-13(28(32)33)11-15(18)20;1-22-14(21)11(6-5-8(19)7-15)18-13(20)12-9(16)3-2-4-10(12)17;10-8-3-4-14-9-2-1-6(11(12)13)5-7(8)9/h2-5,8,11,18-19,26H,6-7,9-10,12H2,1H3,(H,27,30);2-4,11H,5-7H2,1H3,(H,18,20);1-2,5,8H,3-4,10H2/t18?,19-;11-;/m00./s1. The highest BCUT2D eigenvalue weighted by Gasteiger charge is 2.29. The number of esters is 2. The summed E-state index contributed by atoms with van der Waals surface area (Å²) in [4.78, 5) is 93.3. The van der Waals surface area contributed by atoms with Gasteiger partial charge in [0.25, 0.3) is 23.2 Å². The van der Waals surface area contributed by atoms with Crippen LogP contribution >= 0.6 is 58.0 Å². The van der Waals surface area contributed by atoms with E-state index >= 15 is 0 Å². The molecule has 0 aliphatic carbocycles. The molecule has 2 aliphatic heterocycles. The number of Topliss-reactive ketones (excluding diaryl/α,β-unsaturated/α-hetero) is 2. The number of hydrogen-bond acceptors (Lipinski definition) is 16. The number of ketones is 2. The molecule has 6 rings (SSSR count). The van der Waals surface area contributed by atoms with Crippen LogP contribution in [0.2, 0.25) is 20.1 Å². The minimum Gasteiger partial charge on any atom is -0.493 e. The van der Waals surface area contributed by atoms with Crippen molar-refractivity contribution in [2.75, 3.05) is 39.9 Å². The summed E-state index contributed by atoms with van der Waals surface area (Å²) in [6.45, 7) is 0.939. The Balaban J connectivity index is 0.000000258. The van der Waals surface area contributed by atoms with E-state index in [0.717, 1.165) is 5.56 Å². The number of fused-ring (bicyclic) bond motifs is 2. The van der Waals surface area contributed by atoms with Crippen molar-refractivity contribution in [3.63, 3.8) is 0 Å². The van der Waals surface area contributed by atoms with Gasteiger partial charge in [-0.05, 0) is 49.2 Å². The maximum Gasteiger partial charge on any atom is 0.328 e. The van der Waals surface area contributed by atoms with E-state index in [0.29, 0.717) is 43.1 Å². The van der Waals surface area contributed by atoms with Crippen LogP contribution in [0.3, 0.4) is 0 Å². The highest BCUT2D eigenvalue weighted by atomic mass is 35.5. The van der Waals surface area contributed by atoms with Gasteiger partial charge in [0.1, 0.15) is 35.1 Å². The van der Waals surface area contributed by atoms with Crippen LogP contribution in [0.25, 0.3) is 0 Å². The van der Waals surface area contributed by atoms with Crippen LogP contribution in [0.4, 0.5) is 11.4 Å². The summed E-state index contributed by atoms with van der Waals surface area (Å²) in [5.74, 6) is -2.09. The molecule has 25 heteroatoms. The molecule has 5 N–H and O–H groups in total. The zero-order chi connectivity index (χ0) is 52.4. The second kappa shape index (κ2) is 28.0. The van der Waals surface area contributed by atoms with E-state index in [4.69, 9.17) is 77.9 Å². The maximum atomic E-state index is 12.6. The van der Waals surface area contributed by atoms with Crippen molar-refractivity contribution in [3.8, 4) is 11.5 Å². The van der Waals surface area contributed by atoms with Crippen molar-refractivity contribution < 1.29 is 57.6 Å². The number of hydrogen-bond donors (Lipinski definition) is 4. The van der Waals surface area contributed by atoms with Gasteiger partial charge in [-0.15, -0.1) is 11.6 Å². The minimum absolute atomic E-state index is 0.00314. The molecule has 2 heterocycles. The molecule has 0 radical (unpaired) electrons. The number of nitro benzene ring substituents is 2. The monoisotopic (exact) mass is 1080 g/mol. The van der Waals surface area contributed by atoms with E-state index in [2.05, 4.69) is 20.7 Å². The van der Waals surface area contributed by atoms with Crippen LogP contribution in [-0.2, 0) is 28.7 Å². The minimum atomic E-state index is -1.09. The van der Waals surface area contributed by atoms with E-state index in [1.807, 2.05) is 0 Å². The second-order valence-corrected chi connectivity index (χ2v) is 17.2. The molecule has 0 saturated carbocycles. The van der Waals surface area contributed by atoms with Gasteiger partial charge < -0.3 is 40.6 Å². The lowest BCUT2D eigenvalue weighted by atomic mass is 9.99. The van der Waals surface area contributed by atoms with Gasteiger partial charge in [-0.3, -0.25) is 39.4 Å². The Morgan fingerprint density at radius 2 is 1.10 bits per heavy atom. The molecule has 0 saturated heterocycles. The lowest BCUT2D eigenvalue weighted by Gasteiger charge is -2.26. The molecule has 4 aromatic carbocycles. The zero-order valence-corrected chi connectivity index (χ0v) is 41.7. The van der Waals surface area contributed by atoms with E-state index in [9.17, 15) is 49.0 Å². The fourth-order valence-electron chi connectivity index (χ4n) is 6.91. The molecule has 0 aromatic heterocycles. The van der Waals surface area contributed by atoms with Crippen LogP contribution in [0.15, 0.2) is 72.8 Å². The number of nitrogens with one attached hydrogen (secondary N) is 3. The lowest BCUT2D eigenvalue weighted by Crippen LogP contribution is -2.42. The number of non-ortho nitro benzene ring substituents is 2. The van der Waals surface area contributed by atoms with Gasteiger partial charge in [0.05, 0.1) is 80.9 Å². The number of alkyl halides is 1. The first-order chi connectivity index (χ1) is 33.8. The summed E-state index contributed by atoms with van der Waals surface area (Å²) < 4.78 is 20.2. The smallest absolute Gasteiger partial charge is 0.328 e. The second-order valence-electron chi connectivity index (χ2n) is 15.4. The van der Waals surface area contributed by atoms with Crippen LogP contribution in [-0.4, -0.2) is 97.1 Å². The van der Waals surface area contributed by atoms with Crippen molar-refractivity contribution in [1.82, 2.24) is 16.0 Å². The molecule has 71 heavy (non-hydrogen) atoms. The van der Waals surface area contributed by atoms with Crippen molar-refractivity contribution in [1.29, 1.82) is 0 Å². The lowest BCUT2D eigenvalue weighted by molar-refractivity contribution is -0.385. The maximum absolute atomic E-state index is 12.6. The van der Waals surface area contributed by atoms with Crippen molar-refractivity contribution in [2.45, 2.75) is 62.7 Å². The van der Waals surface area contributed by atoms with E-state index in [1.54, 1.807) is 18.2 Å². The summed E-state index contributed by atoms with van der Waals surface area (Å²) in [7, 11) is 2.36. The van der Waals surface area contributed by atoms with Gasteiger partial charge in [0.2, 0.25) is 0 Å². The zero-order valence-electron chi connectivity index (χ0n) is 37.9. The first-order valence-electron chi connectivity index (χ1n) is 21.4. The Kier molecular flexibility index (Phi) is 22.7. The van der Waals surface area contributed by atoms with Crippen molar-refractivity contribution in [3.05, 3.63) is 135 Å². The number of rotatable bonds is 18. The predicted octanol–water partition coefficient (Wildman–Crippen LogP) is 7.87. The molecule has 2 aliphatic rings. The van der Waals surface area contributed by atoms with Gasteiger partial charge in [-0.2, -0.15) is 0 Å². The summed E-state index contributed by atoms with van der Waals surface area (Å²) in [5, 5.41) is 30.3. The van der Waals surface area contributed by atoms with Crippen LogP contribution in [0.1, 0.15) is 82.5 Å². The normalized spacial score (nSPS) is 15.0. The third-order valence-corrected chi connectivity index (χ3v) is 12.2. The van der Waals surface area contributed by atoms with Gasteiger partial charge in [0, 0.05) is 73.2 Å². The number of nitro groups is 2. The molecular weight excluding hydrogens is 1040 g/mol. The molecule has 380 valence electrons. The molecule has 0 fully saturated rings. The van der Waals surface area contributed by atoms with Gasteiger partial charge in [-0.25, -0.2) is 9.59 Å². The number of amides is 2. The van der Waals surface area contributed by atoms with Gasteiger partial charge >= 0.3 is 11.9 Å². The van der Waals surface area contributed by atoms with E-state index in [1.165, 1.54) is 68.8 Å². The highest BCUT2D eigenvalue weighted by Crippen LogP contribution is 2.35. The average molecular weight is 1090 g/mol. The predicted molar refractivity (Wildman–Crippen MR) is 263 cm³/mol. The number of nitrogens with two attached hydrogens (primary N) is 1. The Bertz CT molecular complexity index is 2580. The van der Waals surface area contributed by atoms with E-state index in [-0.39, 0.29) is 104 Å². The molecule has 0 spiro atoms. The first-order valence-corrected chi connectivity index (χ1v) is 23.4. The summed E-state index contributed by atoms with van der Waals surface area (Å²) in [5.41, 5.74) is 7.22. The summed E-state index contributed by atoms with van der Waals surface area (Å²) in [6, 6.07) is 15.5. The number of nitrogens with zero attached hydrogens (tertiary/aromatic N) is 2. The van der Waals surface area contributed by atoms with Gasteiger partial charge in [0.15, 0.2) is 0 Å². The highest BCUT2D eigenvalue weighted by molar-refractivity contribution is 6.40. The quantitative estimate of drug-likeness (QED) is 0.0319. The topological polar surface area (TPSA) is 288 Å². The molecule has 0 bridgehead atoms. The number of carbonyl (C=O) groups is 6. The Hall–Kier alpha value is -6.13. The SMILES string of the molecule is COC(=O)[C@H](CCC(=O)CCl)NC(=O)c1c(Cl)cccc1Cl.COC(=O)[C@H](CCC(=O)CNC1CCOc2ccc([N+](=O)[O-])cc21)NC(=O)c1c(Cl)cccc1Cl.NC1CCOc2ccc([N+](=O)[O-])cc21. The average Bonchev–Trinajstić information content (AvgIpc) is 3.35. The Labute approximate surface area is 431 Å². The number of benzene rings is 4. The van der Waals surface area contributed by atoms with E-state index < -0.39 is 45.7 Å². The van der Waals surface area contributed by atoms with Crippen molar-refractivity contribution in [2.24, 2.45) is 5.73 Å². The molecule has 4 atom stereocenters. The number of ether oxygens (including phenoxy) is 4. The molecule has 2 unspecified atom stereocenters. The molecule has 4 aromatic rings. The number of carbonyl (C=O) groups excluding carboxylic acids is 6. The Morgan fingerprint density at radius 3 is 1.54 bits per heavy atom. The number of halogens is 5. The molecule has 20 nitrogen and oxygen atoms in total. The van der Waals surface area contributed by atoms with Crippen LogP contribution < -0.4 is 31.2 Å². The third-order valence-electron chi connectivity index (χ3n) is 10.6. The summed E-state index contributed by atoms with van der Waals surface area (Å²) >= 11 is 29.4. The summed E-state index contributed by atoms with van der Waals surface area (Å²) in [6.07, 6.45) is 1.31. The van der Waals surface area contributed by atoms with Crippen LogP contribution in [0, 0.1) is 20.2 Å². The van der Waals surface area contributed by atoms with Crippen LogP contribution in [0.5, 0.6) is 11.5 Å². The largest absolute Gasteiger partial charge is 0.493 e. The Morgan fingerprint density at radius 1 is 0.676 bits per heavy atom. The number of methoxy groups -OCH3 is 2. The first kappa shape index (κ1) is 57.4.